The third-order valence-corrected chi connectivity index (χ3v) is 8.44. The zero-order chi connectivity index (χ0) is 26.2. The number of carbonyl (C=O) groups excluding carboxylic acids is 1. The molecule has 10 nitrogen and oxygen atoms in total. The molecule has 198 valence electrons. The number of nitrogens with one attached hydrogen (secondary N) is 1. The van der Waals surface area contributed by atoms with E-state index in [0.29, 0.717) is 48.5 Å². The Labute approximate surface area is 217 Å². The van der Waals surface area contributed by atoms with Gasteiger partial charge in [-0.1, -0.05) is 19.6 Å². The van der Waals surface area contributed by atoms with Gasteiger partial charge in [0, 0.05) is 44.4 Å². The Balaban J connectivity index is 1.50. The van der Waals surface area contributed by atoms with Crippen molar-refractivity contribution in [3.8, 4) is 22.9 Å². The summed E-state index contributed by atoms with van der Waals surface area (Å²) in [5, 5.41) is 13.1. The number of hydrogen-bond acceptors (Lipinski definition) is 8. The first-order chi connectivity index (χ1) is 17.8. The Morgan fingerprint density at radius 3 is 2.68 bits per heavy atom. The second-order valence-corrected chi connectivity index (χ2v) is 16.7. The van der Waals surface area contributed by atoms with Crippen molar-refractivity contribution in [1.82, 2.24) is 19.5 Å². The van der Waals surface area contributed by atoms with Crippen LogP contribution in [-0.4, -0.2) is 65.0 Å². The third kappa shape index (κ3) is 5.94. The molecule has 0 aromatic carbocycles. The van der Waals surface area contributed by atoms with E-state index in [9.17, 15) is 9.90 Å². The molecule has 2 atom stereocenters. The minimum Gasteiger partial charge on any atom is -0.480 e. The molecule has 11 heteroatoms. The van der Waals surface area contributed by atoms with Crippen LogP contribution in [0, 0.1) is 11.8 Å². The lowest BCUT2D eigenvalue weighted by Crippen LogP contribution is -2.22. The molecule has 2 aliphatic carbocycles. The van der Waals surface area contributed by atoms with Crippen LogP contribution in [0.2, 0.25) is 25.7 Å². The fraction of sp³-hybridized carbons (Fsp3) is 0.538. The Morgan fingerprint density at radius 1 is 1.22 bits per heavy atom. The molecule has 0 bridgehead atoms. The number of aromatic nitrogens is 4. The summed E-state index contributed by atoms with van der Waals surface area (Å²) in [4.78, 5) is 26.1. The number of carbonyl (C=O) groups is 1. The molecule has 3 aromatic rings. The van der Waals surface area contributed by atoms with Crippen molar-refractivity contribution in [3.05, 3.63) is 24.7 Å². The summed E-state index contributed by atoms with van der Waals surface area (Å²) in [6.45, 7) is 7.97. The van der Waals surface area contributed by atoms with Crippen molar-refractivity contribution in [2.45, 2.75) is 57.8 Å². The van der Waals surface area contributed by atoms with Gasteiger partial charge in [0.05, 0.1) is 7.11 Å². The number of pyridine rings is 1. The fourth-order valence-electron chi connectivity index (χ4n) is 4.23. The van der Waals surface area contributed by atoms with Gasteiger partial charge in [-0.25, -0.2) is 15.0 Å². The summed E-state index contributed by atoms with van der Waals surface area (Å²) in [6.07, 6.45) is 6.27. The van der Waals surface area contributed by atoms with Crippen molar-refractivity contribution >= 4 is 30.8 Å². The number of aliphatic hydroxyl groups excluding tert-OH is 1. The molecular formula is C26H35N5O5Si. The number of nitrogens with zero attached hydrogens (tertiary/aromatic N) is 4. The normalized spacial score (nSPS) is 19.2. The van der Waals surface area contributed by atoms with Gasteiger partial charge >= 0.3 is 0 Å². The van der Waals surface area contributed by atoms with Crippen LogP contribution in [0.1, 0.15) is 19.3 Å². The van der Waals surface area contributed by atoms with Crippen LogP contribution in [-0.2, 0) is 16.3 Å². The molecular weight excluding hydrogens is 490 g/mol. The van der Waals surface area contributed by atoms with Gasteiger partial charge in [0.1, 0.15) is 36.2 Å². The summed E-state index contributed by atoms with van der Waals surface area (Å²) >= 11 is 0. The van der Waals surface area contributed by atoms with Crippen molar-refractivity contribution in [2.24, 2.45) is 11.8 Å². The molecule has 0 unspecified atom stereocenters. The van der Waals surface area contributed by atoms with Crippen LogP contribution in [0.4, 0.5) is 5.82 Å². The van der Waals surface area contributed by atoms with Gasteiger partial charge in [-0.15, -0.1) is 0 Å². The number of methoxy groups -OCH3 is 1. The minimum atomic E-state index is -1.23. The monoisotopic (exact) mass is 525 g/mol. The Morgan fingerprint density at radius 2 is 2.00 bits per heavy atom. The maximum Gasteiger partial charge on any atom is 0.229 e. The van der Waals surface area contributed by atoms with Gasteiger partial charge in [0.25, 0.3) is 0 Å². The van der Waals surface area contributed by atoms with Crippen LogP contribution < -0.4 is 14.8 Å². The number of amides is 1. The molecule has 0 saturated heterocycles. The molecule has 37 heavy (non-hydrogen) atoms. The number of fused-ring (bicyclic) bond motifs is 1. The van der Waals surface area contributed by atoms with E-state index in [2.05, 4.69) is 34.9 Å². The summed E-state index contributed by atoms with van der Waals surface area (Å²) in [6, 6.07) is 4.77. The summed E-state index contributed by atoms with van der Waals surface area (Å²) in [7, 11) is 0.346. The maximum atomic E-state index is 12.6. The highest BCUT2D eigenvalue weighted by Gasteiger charge is 2.42. The average Bonchev–Trinajstić information content (AvgIpc) is 3.79. The topological polar surface area (TPSA) is 121 Å². The van der Waals surface area contributed by atoms with E-state index in [1.54, 1.807) is 13.2 Å². The minimum absolute atomic E-state index is 0.0256. The lowest BCUT2D eigenvalue weighted by molar-refractivity contribution is -0.117. The highest BCUT2D eigenvalue weighted by atomic mass is 28.3. The van der Waals surface area contributed by atoms with E-state index in [4.69, 9.17) is 19.2 Å². The predicted molar refractivity (Wildman–Crippen MR) is 142 cm³/mol. The third-order valence-electron chi connectivity index (χ3n) is 6.74. The van der Waals surface area contributed by atoms with Crippen LogP contribution in [0.3, 0.4) is 0 Å². The maximum absolute atomic E-state index is 12.6. The van der Waals surface area contributed by atoms with Gasteiger partial charge in [-0.3, -0.25) is 4.79 Å². The molecule has 0 aliphatic heterocycles. The zero-order valence-electron chi connectivity index (χ0n) is 21.9. The highest BCUT2D eigenvalue weighted by molar-refractivity contribution is 6.76. The van der Waals surface area contributed by atoms with Gasteiger partial charge in [0.2, 0.25) is 17.7 Å². The van der Waals surface area contributed by atoms with Crippen LogP contribution >= 0.6 is 0 Å². The van der Waals surface area contributed by atoms with Gasteiger partial charge in [-0.2, -0.15) is 0 Å². The molecule has 2 aliphatic rings. The molecule has 1 amide bonds. The predicted octanol–water partition coefficient (Wildman–Crippen LogP) is 3.92. The van der Waals surface area contributed by atoms with E-state index >= 15 is 0 Å². The molecule has 3 heterocycles. The Hall–Kier alpha value is -3.02. The van der Waals surface area contributed by atoms with Gasteiger partial charge in [0.15, 0.2) is 0 Å². The average molecular weight is 526 g/mol. The molecule has 2 saturated carbocycles. The summed E-state index contributed by atoms with van der Waals surface area (Å²) in [5.41, 5.74) is 2.16. The second-order valence-electron chi connectivity index (χ2n) is 11.1. The molecule has 2 fully saturated rings. The summed E-state index contributed by atoms with van der Waals surface area (Å²) < 4.78 is 19.7. The first kappa shape index (κ1) is 25.6. The molecule has 2 N–H and O–H groups in total. The number of anilines is 1. The number of hydrogen-bond donors (Lipinski definition) is 2. The van der Waals surface area contributed by atoms with Crippen molar-refractivity contribution < 1.29 is 24.1 Å². The van der Waals surface area contributed by atoms with Gasteiger partial charge in [-0.05, 0) is 43.4 Å². The van der Waals surface area contributed by atoms with E-state index in [1.807, 2.05) is 16.8 Å². The summed E-state index contributed by atoms with van der Waals surface area (Å²) in [5.74, 6) is 1.12. The number of aliphatic hydroxyl groups is 1. The first-order valence-electron chi connectivity index (χ1n) is 12.8. The molecule has 3 aromatic heterocycles. The lowest BCUT2D eigenvalue weighted by Gasteiger charge is -2.15. The quantitative estimate of drug-likeness (QED) is 0.270. The van der Waals surface area contributed by atoms with E-state index in [-0.39, 0.29) is 30.5 Å². The van der Waals surface area contributed by atoms with Crippen molar-refractivity contribution in [2.75, 3.05) is 25.6 Å². The van der Waals surface area contributed by atoms with Crippen LogP contribution in [0.5, 0.6) is 11.8 Å². The van der Waals surface area contributed by atoms with E-state index in [1.165, 1.54) is 6.33 Å². The van der Waals surface area contributed by atoms with Crippen LogP contribution in [0.15, 0.2) is 24.7 Å². The molecule has 0 radical (unpaired) electrons. The lowest BCUT2D eigenvalue weighted by atomic mass is 10.1. The van der Waals surface area contributed by atoms with E-state index in [0.717, 1.165) is 29.8 Å². The molecule has 5 rings (SSSR count). The van der Waals surface area contributed by atoms with Crippen LogP contribution in [0.25, 0.3) is 22.2 Å². The number of ether oxygens (including phenoxy) is 3. The largest absolute Gasteiger partial charge is 0.480 e. The smallest absolute Gasteiger partial charge is 0.229 e. The molecule has 0 spiro atoms. The first-order valence-corrected chi connectivity index (χ1v) is 16.5. The van der Waals surface area contributed by atoms with Crippen molar-refractivity contribution in [1.29, 1.82) is 0 Å². The number of rotatable bonds is 12. The zero-order valence-corrected chi connectivity index (χ0v) is 22.9. The fourth-order valence-corrected chi connectivity index (χ4v) is 4.99. The van der Waals surface area contributed by atoms with E-state index < -0.39 is 8.07 Å². The SMILES string of the molecule is COc1ncnc(OC2CC2)c1-c1cn(COCC[Si](C)(C)C)c2nc(NC(=O)[C@@H]3C[C@H]3CO)ccc12. The Kier molecular flexibility index (Phi) is 7.19. The Bertz CT molecular complexity index is 1290. The second kappa shape index (κ2) is 10.4. The van der Waals surface area contributed by atoms with Crippen molar-refractivity contribution in [3.63, 3.8) is 0 Å². The van der Waals surface area contributed by atoms with Gasteiger partial charge < -0.3 is 29.2 Å². The standard InChI is InChI=1S/C26H35N5O5Si/c1-34-25-22(26(28-14-27-25)36-17-5-6-17)20-12-31(15-35-9-10-37(2,3)4)23-18(20)7-8-21(29-23)30-24(33)19-11-16(19)13-32/h7-8,12,14,16-17,19,32H,5-6,9-11,13,15H2,1-4H3,(H,29,30,33)/t16-,19+/m0/s1. The highest BCUT2D eigenvalue weighted by Crippen LogP contribution is 2.42.